The van der Waals surface area contributed by atoms with E-state index in [1.54, 1.807) is 13.4 Å². The van der Waals surface area contributed by atoms with Crippen molar-refractivity contribution in [2.24, 2.45) is 5.92 Å². The topological polar surface area (TPSA) is 83.3 Å². The summed E-state index contributed by atoms with van der Waals surface area (Å²) in [6.45, 7) is 9.56. The maximum absolute atomic E-state index is 5.83. The summed E-state index contributed by atoms with van der Waals surface area (Å²) in [5, 5.41) is 3.27. The number of rotatable bonds is 11. The Hall–Kier alpha value is -3.39. The van der Waals surface area contributed by atoms with E-state index in [2.05, 4.69) is 26.8 Å². The molecule has 1 aliphatic rings. The van der Waals surface area contributed by atoms with Gasteiger partial charge in [-0.05, 0) is 50.8 Å². The number of methoxy groups -OCH3 is 1. The third-order valence-electron chi connectivity index (χ3n) is 5.11. The van der Waals surface area contributed by atoms with Crippen molar-refractivity contribution in [3.8, 4) is 11.4 Å². The van der Waals surface area contributed by atoms with Gasteiger partial charge in [0, 0.05) is 24.6 Å². The molecule has 1 aliphatic carbocycles. The number of benzene rings is 1. The lowest BCUT2D eigenvalue weighted by Gasteiger charge is -2.14. The number of nitrogens with one attached hydrogen (secondary N) is 1. The maximum atomic E-state index is 5.83. The molecular formula is C24H29N5O3. The molecular weight excluding hydrogens is 406 g/mol. The van der Waals surface area contributed by atoms with Gasteiger partial charge in [-0.1, -0.05) is 6.58 Å². The normalized spacial score (nSPS) is 13.1. The third kappa shape index (κ3) is 5.45. The zero-order chi connectivity index (χ0) is 22.5. The summed E-state index contributed by atoms with van der Waals surface area (Å²) in [5.41, 5.74) is 4.03. The molecule has 0 saturated heterocycles. The van der Waals surface area contributed by atoms with E-state index in [1.807, 2.05) is 48.9 Å². The van der Waals surface area contributed by atoms with Gasteiger partial charge < -0.3 is 24.1 Å². The molecule has 0 aliphatic heterocycles. The SMILES string of the molecule is C=C(OCC)c1cc(COCC2CC2)nc(Nc2ccc(-n3cnc(C)c3)c(OC)c2)n1. The Morgan fingerprint density at radius 1 is 1.25 bits per heavy atom. The molecule has 0 radical (unpaired) electrons. The fraction of sp³-hybridized carbons (Fsp3) is 0.375. The lowest BCUT2D eigenvalue weighted by Crippen LogP contribution is -2.07. The number of imidazole rings is 1. The van der Waals surface area contributed by atoms with Crippen LogP contribution in [0.1, 0.15) is 36.8 Å². The highest BCUT2D eigenvalue weighted by atomic mass is 16.5. The van der Waals surface area contributed by atoms with Crippen LogP contribution in [0.25, 0.3) is 11.4 Å². The molecule has 0 spiro atoms. The van der Waals surface area contributed by atoms with Gasteiger partial charge in [0.15, 0.2) is 0 Å². The van der Waals surface area contributed by atoms with Crippen LogP contribution in [0, 0.1) is 12.8 Å². The number of nitrogens with zero attached hydrogens (tertiary/aromatic N) is 4. The van der Waals surface area contributed by atoms with Crippen molar-refractivity contribution in [2.75, 3.05) is 25.6 Å². The van der Waals surface area contributed by atoms with E-state index >= 15 is 0 Å². The van der Waals surface area contributed by atoms with Crippen LogP contribution >= 0.6 is 0 Å². The van der Waals surface area contributed by atoms with Gasteiger partial charge in [0.1, 0.15) is 17.2 Å². The van der Waals surface area contributed by atoms with Crippen molar-refractivity contribution < 1.29 is 14.2 Å². The quantitative estimate of drug-likeness (QED) is 0.439. The highest BCUT2D eigenvalue weighted by Crippen LogP contribution is 2.30. The van der Waals surface area contributed by atoms with Crippen molar-refractivity contribution in [3.63, 3.8) is 0 Å². The second-order valence-corrected chi connectivity index (χ2v) is 7.82. The predicted octanol–water partition coefficient (Wildman–Crippen LogP) is 4.66. The first-order chi connectivity index (χ1) is 15.6. The van der Waals surface area contributed by atoms with E-state index in [0.29, 0.717) is 42.3 Å². The highest BCUT2D eigenvalue weighted by Gasteiger charge is 2.21. The Morgan fingerprint density at radius 3 is 2.78 bits per heavy atom. The fourth-order valence-electron chi connectivity index (χ4n) is 3.28. The van der Waals surface area contributed by atoms with Crippen LogP contribution in [0.15, 0.2) is 43.4 Å². The first kappa shape index (κ1) is 21.8. The molecule has 32 heavy (non-hydrogen) atoms. The lowest BCUT2D eigenvalue weighted by molar-refractivity contribution is 0.109. The van der Waals surface area contributed by atoms with E-state index in [1.165, 1.54) is 12.8 Å². The summed E-state index contributed by atoms with van der Waals surface area (Å²) in [6.07, 6.45) is 6.21. The zero-order valence-corrected chi connectivity index (χ0v) is 18.8. The number of aromatic nitrogens is 4. The van der Waals surface area contributed by atoms with Crippen LogP contribution in [-0.2, 0) is 16.1 Å². The second kappa shape index (κ2) is 9.82. The van der Waals surface area contributed by atoms with Crippen LogP contribution in [0.2, 0.25) is 0 Å². The van der Waals surface area contributed by atoms with E-state index in [9.17, 15) is 0 Å². The van der Waals surface area contributed by atoms with Gasteiger partial charge in [-0.3, -0.25) is 0 Å². The number of aryl methyl sites for hydroxylation is 1. The third-order valence-corrected chi connectivity index (χ3v) is 5.11. The molecule has 2 heterocycles. The van der Waals surface area contributed by atoms with Crippen LogP contribution in [0.3, 0.4) is 0 Å². The minimum absolute atomic E-state index is 0.419. The summed E-state index contributed by atoms with van der Waals surface area (Å²) < 4.78 is 18.9. The predicted molar refractivity (Wildman–Crippen MR) is 123 cm³/mol. The standard InChI is InChI=1S/C24H29N5O3/c1-5-32-17(3)21-10-20(14-31-13-18-6-7-18)27-24(28-21)26-19-8-9-22(23(11-19)30-4)29-12-16(2)25-15-29/h8-12,15,18H,3,5-7,13-14H2,1-2,4H3,(H,26,27,28). The van der Waals surface area contributed by atoms with Crippen LogP contribution in [-0.4, -0.2) is 39.8 Å². The maximum Gasteiger partial charge on any atom is 0.228 e. The van der Waals surface area contributed by atoms with E-state index in [-0.39, 0.29) is 0 Å². The van der Waals surface area contributed by atoms with Gasteiger partial charge in [0.2, 0.25) is 5.95 Å². The largest absolute Gasteiger partial charge is 0.494 e. The smallest absolute Gasteiger partial charge is 0.228 e. The summed E-state index contributed by atoms with van der Waals surface area (Å²) in [7, 11) is 1.64. The van der Waals surface area contributed by atoms with Crippen molar-refractivity contribution in [2.45, 2.75) is 33.3 Å². The Morgan fingerprint density at radius 2 is 2.09 bits per heavy atom. The number of hydrogen-bond donors (Lipinski definition) is 1. The molecule has 0 unspecified atom stereocenters. The molecule has 168 valence electrons. The van der Waals surface area contributed by atoms with Crippen molar-refractivity contribution in [1.29, 1.82) is 0 Å². The number of hydrogen-bond acceptors (Lipinski definition) is 7. The van der Waals surface area contributed by atoms with Gasteiger partial charge in [0.25, 0.3) is 0 Å². The van der Waals surface area contributed by atoms with E-state index in [0.717, 1.165) is 29.4 Å². The summed E-state index contributed by atoms with van der Waals surface area (Å²) >= 11 is 0. The van der Waals surface area contributed by atoms with E-state index < -0.39 is 0 Å². The zero-order valence-electron chi connectivity index (χ0n) is 18.8. The minimum Gasteiger partial charge on any atom is -0.494 e. The minimum atomic E-state index is 0.419. The van der Waals surface area contributed by atoms with Gasteiger partial charge in [-0.15, -0.1) is 0 Å². The summed E-state index contributed by atoms with van der Waals surface area (Å²) in [6, 6.07) is 7.68. The Labute approximate surface area is 188 Å². The molecule has 0 amide bonds. The summed E-state index contributed by atoms with van der Waals surface area (Å²) in [4.78, 5) is 13.5. The molecule has 4 rings (SSSR count). The molecule has 0 bridgehead atoms. The van der Waals surface area contributed by atoms with Gasteiger partial charge in [0.05, 0.1) is 43.7 Å². The monoisotopic (exact) mass is 435 g/mol. The number of ether oxygens (including phenoxy) is 3. The first-order valence-electron chi connectivity index (χ1n) is 10.8. The molecule has 2 aromatic heterocycles. The van der Waals surface area contributed by atoms with Gasteiger partial charge in [-0.25, -0.2) is 15.0 Å². The fourth-order valence-corrected chi connectivity index (χ4v) is 3.28. The van der Waals surface area contributed by atoms with Gasteiger partial charge in [-0.2, -0.15) is 0 Å². The molecule has 1 saturated carbocycles. The molecule has 1 aromatic carbocycles. The average Bonchev–Trinajstić information content (AvgIpc) is 3.51. The molecule has 0 atom stereocenters. The molecule has 1 fully saturated rings. The Kier molecular flexibility index (Phi) is 6.70. The Balaban J connectivity index is 1.57. The summed E-state index contributed by atoms with van der Waals surface area (Å²) in [5.74, 6) is 2.35. The lowest BCUT2D eigenvalue weighted by atomic mass is 10.2. The van der Waals surface area contributed by atoms with Crippen LogP contribution in [0.5, 0.6) is 5.75 Å². The molecule has 1 N–H and O–H groups in total. The first-order valence-corrected chi connectivity index (χ1v) is 10.8. The second-order valence-electron chi connectivity index (χ2n) is 7.82. The molecule has 8 heteroatoms. The number of anilines is 2. The molecule has 8 nitrogen and oxygen atoms in total. The van der Waals surface area contributed by atoms with Crippen molar-refractivity contribution in [1.82, 2.24) is 19.5 Å². The van der Waals surface area contributed by atoms with E-state index in [4.69, 9.17) is 14.2 Å². The van der Waals surface area contributed by atoms with Crippen molar-refractivity contribution >= 4 is 17.4 Å². The molecule has 3 aromatic rings. The van der Waals surface area contributed by atoms with Crippen LogP contribution in [0.4, 0.5) is 11.6 Å². The van der Waals surface area contributed by atoms with Gasteiger partial charge >= 0.3 is 0 Å². The van der Waals surface area contributed by atoms with Crippen molar-refractivity contribution in [3.05, 3.63) is 60.5 Å². The van der Waals surface area contributed by atoms with Crippen LogP contribution < -0.4 is 10.1 Å². The average molecular weight is 436 g/mol. The highest BCUT2D eigenvalue weighted by molar-refractivity contribution is 5.63. The Bertz CT molecular complexity index is 1090.